The number of hydrogen-bond acceptors (Lipinski definition) is 3. The number of hydrogen-bond donors (Lipinski definition) is 3. The molecule has 0 unspecified atom stereocenters. The molecule has 0 bridgehead atoms. The molecule has 94 valence electrons. The number of carbonyl (C=O) groups excluding carboxylic acids is 1. The Morgan fingerprint density at radius 2 is 2.24 bits per heavy atom. The summed E-state index contributed by atoms with van der Waals surface area (Å²) in [6.07, 6.45) is 3.43. The first-order chi connectivity index (χ1) is 7.80. The van der Waals surface area contributed by atoms with E-state index in [9.17, 15) is 13.2 Å². The molecule has 1 aliphatic rings. The lowest BCUT2D eigenvalue weighted by Crippen LogP contribution is -2.29. The van der Waals surface area contributed by atoms with Gasteiger partial charge in [0.05, 0.1) is 4.90 Å². The quantitative estimate of drug-likeness (QED) is 0.717. The highest BCUT2D eigenvalue weighted by atomic mass is 32.2. The second-order valence-corrected chi connectivity index (χ2v) is 6.35. The number of carbonyl (C=O) groups is 1. The molecular weight excluding hydrogens is 242 g/mol. The molecule has 0 saturated heterocycles. The Morgan fingerprint density at radius 3 is 2.71 bits per heavy atom. The van der Waals surface area contributed by atoms with Crippen LogP contribution >= 0.6 is 0 Å². The molecule has 1 amide bonds. The van der Waals surface area contributed by atoms with Crippen molar-refractivity contribution < 1.29 is 13.2 Å². The molecule has 0 aliphatic heterocycles. The van der Waals surface area contributed by atoms with Crippen molar-refractivity contribution in [2.24, 2.45) is 10.6 Å². The lowest BCUT2D eigenvalue weighted by Gasteiger charge is -2.08. The zero-order valence-corrected chi connectivity index (χ0v) is 10.3. The number of H-pyrrole nitrogens is 1. The van der Waals surface area contributed by atoms with Crippen LogP contribution in [0, 0.1) is 5.41 Å². The number of sulfonamides is 1. The summed E-state index contributed by atoms with van der Waals surface area (Å²) in [7, 11) is -3.76. The third-order valence-electron chi connectivity index (χ3n) is 3.01. The zero-order valence-electron chi connectivity index (χ0n) is 9.49. The van der Waals surface area contributed by atoms with Crippen LogP contribution in [0.5, 0.6) is 0 Å². The largest absolute Gasteiger partial charge is 0.356 e. The zero-order chi connectivity index (χ0) is 12.7. The fourth-order valence-corrected chi connectivity index (χ4v) is 1.95. The number of primary sulfonamides is 1. The van der Waals surface area contributed by atoms with Gasteiger partial charge >= 0.3 is 0 Å². The molecule has 0 aromatic carbocycles. The third kappa shape index (κ3) is 2.86. The highest BCUT2D eigenvalue weighted by Gasteiger charge is 2.37. The standard InChI is InChI=1S/C10H15N3O3S/c1-10(2-3-10)6-13-9(14)8-4-7(5-12-8)17(11,15)16/h4-5,12H,2-3,6H2,1H3,(H,13,14)(H2,11,15,16). The Bertz CT molecular complexity index is 543. The average Bonchev–Trinajstić information content (AvgIpc) is 2.79. The first kappa shape index (κ1) is 12.1. The fourth-order valence-electron chi connectivity index (χ4n) is 1.45. The Hall–Kier alpha value is -1.34. The van der Waals surface area contributed by atoms with Crippen molar-refractivity contribution in [1.82, 2.24) is 10.3 Å². The summed E-state index contributed by atoms with van der Waals surface area (Å²) < 4.78 is 22.0. The molecule has 1 aromatic heterocycles. The molecule has 1 aliphatic carbocycles. The van der Waals surface area contributed by atoms with Gasteiger partial charge in [-0.1, -0.05) is 6.92 Å². The van der Waals surface area contributed by atoms with Crippen molar-refractivity contribution in [1.29, 1.82) is 0 Å². The second kappa shape index (κ2) is 3.85. The van der Waals surface area contributed by atoms with Gasteiger partial charge in [-0.3, -0.25) is 4.79 Å². The van der Waals surface area contributed by atoms with E-state index in [1.54, 1.807) is 0 Å². The lowest BCUT2D eigenvalue weighted by molar-refractivity contribution is 0.0941. The van der Waals surface area contributed by atoms with E-state index in [0.29, 0.717) is 6.54 Å². The molecule has 4 N–H and O–H groups in total. The number of aromatic nitrogens is 1. The number of nitrogens with one attached hydrogen (secondary N) is 2. The number of amides is 1. The minimum Gasteiger partial charge on any atom is -0.356 e. The SMILES string of the molecule is CC1(CNC(=O)c2cc(S(N)(=O)=O)c[nH]2)CC1. The average molecular weight is 257 g/mol. The molecule has 2 rings (SSSR count). The lowest BCUT2D eigenvalue weighted by atomic mass is 10.1. The molecule has 0 spiro atoms. The third-order valence-corrected chi connectivity index (χ3v) is 3.90. The predicted molar refractivity (Wildman–Crippen MR) is 61.8 cm³/mol. The van der Waals surface area contributed by atoms with Gasteiger partial charge in [0, 0.05) is 12.7 Å². The maximum absolute atomic E-state index is 11.7. The van der Waals surface area contributed by atoms with Crippen LogP contribution in [-0.4, -0.2) is 25.9 Å². The number of aromatic amines is 1. The molecule has 0 radical (unpaired) electrons. The van der Waals surface area contributed by atoms with Gasteiger partial charge in [0.15, 0.2) is 0 Å². The molecule has 1 heterocycles. The van der Waals surface area contributed by atoms with Gasteiger partial charge in [-0.2, -0.15) is 0 Å². The summed E-state index contributed by atoms with van der Waals surface area (Å²) in [5.41, 5.74) is 0.420. The van der Waals surface area contributed by atoms with Crippen LogP contribution in [0.15, 0.2) is 17.2 Å². The monoisotopic (exact) mass is 257 g/mol. The number of rotatable bonds is 4. The smallest absolute Gasteiger partial charge is 0.267 e. The van der Waals surface area contributed by atoms with Crippen molar-refractivity contribution in [3.05, 3.63) is 18.0 Å². The van der Waals surface area contributed by atoms with Gasteiger partial charge in [-0.05, 0) is 24.3 Å². The Balaban J connectivity index is 2.02. The van der Waals surface area contributed by atoms with Crippen LogP contribution in [0.3, 0.4) is 0 Å². The molecule has 7 heteroatoms. The summed E-state index contributed by atoms with van der Waals surface area (Å²) in [5, 5.41) is 7.70. The molecule has 0 atom stereocenters. The molecule has 6 nitrogen and oxygen atoms in total. The van der Waals surface area contributed by atoms with Gasteiger partial charge in [0.1, 0.15) is 5.69 Å². The van der Waals surface area contributed by atoms with Crippen molar-refractivity contribution in [3.8, 4) is 0 Å². The summed E-state index contributed by atoms with van der Waals surface area (Å²) in [6.45, 7) is 2.70. The van der Waals surface area contributed by atoms with Crippen LogP contribution in [-0.2, 0) is 10.0 Å². The molecule has 17 heavy (non-hydrogen) atoms. The first-order valence-electron chi connectivity index (χ1n) is 5.30. The van der Waals surface area contributed by atoms with Gasteiger partial charge in [-0.25, -0.2) is 13.6 Å². The van der Waals surface area contributed by atoms with Gasteiger partial charge in [-0.15, -0.1) is 0 Å². The van der Waals surface area contributed by atoms with Crippen molar-refractivity contribution >= 4 is 15.9 Å². The highest BCUT2D eigenvalue weighted by Crippen LogP contribution is 2.44. The summed E-state index contributed by atoms with van der Waals surface area (Å²) in [5.74, 6) is -0.312. The Morgan fingerprint density at radius 1 is 1.59 bits per heavy atom. The van der Waals surface area contributed by atoms with Gasteiger partial charge < -0.3 is 10.3 Å². The Kier molecular flexibility index (Phi) is 2.75. The molecule has 1 aromatic rings. The summed E-state index contributed by atoms with van der Waals surface area (Å²) in [6, 6.07) is 1.24. The topological polar surface area (TPSA) is 105 Å². The van der Waals surface area contributed by atoms with E-state index in [-0.39, 0.29) is 21.9 Å². The summed E-state index contributed by atoms with van der Waals surface area (Å²) >= 11 is 0. The second-order valence-electron chi connectivity index (χ2n) is 4.79. The minimum atomic E-state index is -3.76. The molecule has 1 fully saturated rings. The van der Waals surface area contributed by atoms with Crippen LogP contribution in [0.25, 0.3) is 0 Å². The maximum atomic E-state index is 11.7. The van der Waals surface area contributed by atoms with Crippen molar-refractivity contribution in [2.45, 2.75) is 24.7 Å². The van der Waals surface area contributed by atoms with E-state index < -0.39 is 10.0 Å². The normalized spacial score (nSPS) is 17.8. The van der Waals surface area contributed by atoms with Crippen molar-refractivity contribution in [2.75, 3.05) is 6.54 Å². The van der Waals surface area contributed by atoms with E-state index in [0.717, 1.165) is 12.8 Å². The summed E-state index contributed by atoms with van der Waals surface area (Å²) in [4.78, 5) is 14.2. The van der Waals surface area contributed by atoms with Crippen LogP contribution in [0.1, 0.15) is 30.3 Å². The molecule has 1 saturated carbocycles. The predicted octanol–water partition coefficient (Wildman–Crippen LogP) is 0.192. The van der Waals surface area contributed by atoms with Gasteiger partial charge in [0.2, 0.25) is 10.0 Å². The first-order valence-corrected chi connectivity index (χ1v) is 6.84. The van der Waals surface area contributed by atoms with E-state index in [1.165, 1.54) is 12.3 Å². The van der Waals surface area contributed by atoms with Crippen LogP contribution in [0.2, 0.25) is 0 Å². The van der Waals surface area contributed by atoms with Crippen LogP contribution in [0.4, 0.5) is 0 Å². The Labute approximate surface area is 99.6 Å². The van der Waals surface area contributed by atoms with E-state index in [1.807, 2.05) is 0 Å². The molecular formula is C10H15N3O3S. The number of nitrogens with two attached hydrogens (primary N) is 1. The van der Waals surface area contributed by atoms with E-state index >= 15 is 0 Å². The van der Waals surface area contributed by atoms with E-state index in [4.69, 9.17) is 5.14 Å². The highest BCUT2D eigenvalue weighted by molar-refractivity contribution is 7.89. The van der Waals surface area contributed by atoms with Crippen molar-refractivity contribution in [3.63, 3.8) is 0 Å². The van der Waals surface area contributed by atoms with Crippen LogP contribution < -0.4 is 10.5 Å². The fraction of sp³-hybridized carbons (Fsp3) is 0.500. The minimum absolute atomic E-state index is 0.0831. The van der Waals surface area contributed by atoms with E-state index in [2.05, 4.69) is 17.2 Å². The van der Waals surface area contributed by atoms with Gasteiger partial charge in [0.25, 0.3) is 5.91 Å². The maximum Gasteiger partial charge on any atom is 0.267 e.